The third-order valence-corrected chi connectivity index (χ3v) is 5.17. The summed E-state index contributed by atoms with van der Waals surface area (Å²) in [5.74, 6) is -1.38. The van der Waals surface area contributed by atoms with Crippen molar-refractivity contribution in [3.63, 3.8) is 0 Å². The minimum atomic E-state index is -0.737. The van der Waals surface area contributed by atoms with Gasteiger partial charge in [0.25, 0.3) is 0 Å². The summed E-state index contributed by atoms with van der Waals surface area (Å²) in [5, 5.41) is 4.42. The molecule has 0 radical (unpaired) electrons. The Balaban J connectivity index is 2.04. The van der Waals surface area contributed by atoms with Gasteiger partial charge in [0.2, 0.25) is 0 Å². The summed E-state index contributed by atoms with van der Waals surface area (Å²) >= 11 is 1.35. The molecule has 0 atom stereocenters. The fourth-order valence-electron chi connectivity index (χ4n) is 3.09. The number of esters is 2. The number of dihydropyridines is 1. The Morgan fingerprint density at radius 3 is 2.21 bits per heavy atom. The van der Waals surface area contributed by atoms with Gasteiger partial charge in [0.1, 0.15) is 10.8 Å². The van der Waals surface area contributed by atoms with Crippen LogP contribution in [0.5, 0.6) is 0 Å². The molecule has 7 nitrogen and oxygen atoms in total. The molecule has 3 heterocycles. The lowest BCUT2D eigenvalue weighted by atomic mass is 9.83. The Hall–Kier alpha value is -3.00. The topological polar surface area (TPSA) is 90.7 Å². The van der Waals surface area contributed by atoms with Crippen LogP contribution in [0.4, 0.5) is 0 Å². The van der Waals surface area contributed by atoms with E-state index in [4.69, 9.17) is 13.9 Å². The number of pyridine rings is 1. The van der Waals surface area contributed by atoms with E-state index < -0.39 is 17.9 Å². The number of furan rings is 1. The molecule has 0 spiro atoms. The molecule has 0 amide bonds. The molecule has 28 heavy (non-hydrogen) atoms. The highest BCUT2D eigenvalue weighted by atomic mass is 32.2. The fourth-order valence-corrected chi connectivity index (χ4v) is 3.83. The van der Waals surface area contributed by atoms with E-state index in [2.05, 4.69) is 10.3 Å². The zero-order valence-electron chi connectivity index (χ0n) is 15.9. The van der Waals surface area contributed by atoms with Gasteiger partial charge >= 0.3 is 11.9 Å². The maximum Gasteiger partial charge on any atom is 0.336 e. The first-order chi connectivity index (χ1) is 13.5. The standard InChI is InChI=1S/C20H20N2O5S/c1-11-16(19(23)25-3)18(17(12(2)22-11)20(24)26-4)13-8-9-15(27-13)28-14-7-5-6-10-21-14/h5-10,18,22H,1-4H3. The van der Waals surface area contributed by atoms with Crippen LogP contribution in [0, 0.1) is 0 Å². The van der Waals surface area contributed by atoms with Gasteiger partial charge in [-0.05, 0) is 49.9 Å². The van der Waals surface area contributed by atoms with Crippen LogP contribution in [-0.4, -0.2) is 31.1 Å². The van der Waals surface area contributed by atoms with Gasteiger partial charge in [0.05, 0.1) is 31.3 Å². The molecule has 146 valence electrons. The molecule has 2 aromatic heterocycles. The summed E-state index contributed by atoms with van der Waals surface area (Å²) in [6.45, 7) is 3.51. The molecule has 8 heteroatoms. The van der Waals surface area contributed by atoms with Crippen molar-refractivity contribution < 1.29 is 23.5 Å². The first-order valence-corrected chi connectivity index (χ1v) is 9.31. The molecule has 0 saturated heterocycles. The van der Waals surface area contributed by atoms with Crippen molar-refractivity contribution in [3.05, 3.63) is 64.8 Å². The van der Waals surface area contributed by atoms with Gasteiger partial charge in [-0.15, -0.1) is 0 Å². The van der Waals surface area contributed by atoms with Gasteiger partial charge in [0, 0.05) is 17.6 Å². The molecule has 0 bridgehead atoms. The molecule has 0 aromatic carbocycles. The number of methoxy groups -OCH3 is 2. The molecule has 3 rings (SSSR count). The van der Waals surface area contributed by atoms with Crippen molar-refractivity contribution in [1.82, 2.24) is 10.3 Å². The number of hydrogen-bond acceptors (Lipinski definition) is 8. The molecule has 1 aliphatic rings. The molecule has 1 aliphatic heterocycles. The summed E-state index contributed by atoms with van der Waals surface area (Å²) in [6.07, 6.45) is 1.70. The smallest absolute Gasteiger partial charge is 0.336 e. The lowest BCUT2D eigenvalue weighted by Crippen LogP contribution is -2.31. The molecule has 0 fully saturated rings. The van der Waals surface area contributed by atoms with E-state index in [-0.39, 0.29) is 0 Å². The number of rotatable bonds is 5. The highest BCUT2D eigenvalue weighted by molar-refractivity contribution is 7.99. The van der Waals surface area contributed by atoms with Gasteiger partial charge < -0.3 is 19.2 Å². The molecular weight excluding hydrogens is 380 g/mol. The number of carbonyl (C=O) groups is 2. The van der Waals surface area contributed by atoms with E-state index in [1.54, 1.807) is 32.2 Å². The Bertz CT molecular complexity index is 924. The van der Waals surface area contributed by atoms with E-state index in [0.29, 0.717) is 33.4 Å². The van der Waals surface area contributed by atoms with Crippen molar-refractivity contribution >= 4 is 23.7 Å². The Morgan fingerprint density at radius 2 is 1.68 bits per heavy atom. The molecule has 0 aliphatic carbocycles. The molecule has 2 aromatic rings. The average Bonchev–Trinajstić information content (AvgIpc) is 3.15. The van der Waals surface area contributed by atoms with Crippen LogP contribution < -0.4 is 5.32 Å². The summed E-state index contributed by atoms with van der Waals surface area (Å²) in [5.41, 5.74) is 1.80. The van der Waals surface area contributed by atoms with Crippen LogP contribution in [0.2, 0.25) is 0 Å². The minimum Gasteiger partial charge on any atom is -0.466 e. The van der Waals surface area contributed by atoms with E-state index in [9.17, 15) is 9.59 Å². The maximum absolute atomic E-state index is 12.5. The van der Waals surface area contributed by atoms with E-state index in [1.807, 2.05) is 18.2 Å². The zero-order valence-corrected chi connectivity index (χ0v) is 16.8. The van der Waals surface area contributed by atoms with Crippen LogP contribution >= 0.6 is 11.8 Å². The summed E-state index contributed by atoms with van der Waals surface area (Å²) < 4.78 is 15.9. The number of nitrogens with one attached hydrogen (secondary N) is 1. The second kappa shape index (κ2) is 8.35. The van der Waals surface area contributed by atoms with Gasteiger partial charge in [-0.1, -0.05) is 6.07 Å². The number of nitrogens with zero attached hydrogens (tertiary/aromatic N) is 1. The summed E-state index contributed by atoms with van der Waals surface area (Å²) in [6, 6.07) is 9.11. The zero-order chi connectivity index (χ0) is 20.3. The predicted molar refractivity (Wildman–Crippen MR) is 102 cm³/mol. The number of hydrogen-bond donors (Lipinski definition) is 1. The second-order valence-corrected chi connectivity index (χ2v) is 7.07. The number of allylic oxidation sites excluding steroid dienone is 2. The first kappa shape index (κ1) is 19.8. The number of aromatic nitrogens is 1. The van der Waals surface area contributed by atoms with E-state index in [0.717, 1.165) is 5.03 Å². The van der Waals surface area contributed by atoms with Gasteiger partial charge in [0.15, 0.2) is 5.09 Å². The normalized spacial score (nSPS) is 14.7. The van der Waals surface area contributed by atoms with Crippen LogP contribution in [0.1, 0.15) is 25.5 Å². The highest BCUT2D eigenvalue weighted by Gasteiger charge is 2.39. The van der Waals surface area contributed by atoms with E-state index >= 15 is 0 Å². The lowest BCUT2D eigenvalue weighted by Gasteiger charge is -2.28. The molecule has 0 unspecified atom stereocenters. The third kappa shape index (κ3) is 3.82. The average molecular weight is 400 g/mol. The van der Waals surface area contributed by atoms with E-state index in [1.165, 1.54) is 26.0 Å². The number of ether oxygens (including phenoxy) is 2. The summed E-state index contributed by atoms with van der Waals surface area (Å²) in [4.78, 5) is 29.2. The van der Waals surface area contributed by atoms with Crippen molar-refractivity contribution in [1.29, 1.82) is 0 Å². The number of carbonyl (C=O) groups excluding carboxylic acids is 2. The Kier molecular flexibility index (Phi) is 5.89. The molecular formula is C20H20N2O5S. The minimum absolute atomic E-state index is 0.303. The highest BCUT2D eigenvalue weighted by Crippen LogP contribution is 2.41. The lowest BCUT2D eigenvalue weighted by molar-refractivity contribution is -0.137. The third-order valence-electron chi connectivity index (χ3n) is 4.30. The van der Waals surface area contributed by atoms with Crippen molar-refractivity contribution in [2.24, 2.45) is 0 Å². The SMILES string of the molecule is COC(=O)C1=C(C)NC(C)=C(C(=O)OC)C1c1ccc(Sc2ccccn2)o1. The quantitative estimate of drug-likeness (QED) is 0.764. The molecule has 0 saturated carbocycles. The van der Waals surface area contributed by atoms with Crippen molar-refractivity contribution in [3.8, 4) is 0 Å². The Labute approximate surface area is 166 Å². The van der Waals surface area contributed by atoms with Gasteiger partial charge in [-0.2, -0.15) is 0 Å². The second-order valence-electron chi connectivity index (χ2n) is 6.05. The van der Waals surface area contributed by atoms with Crippen LogP contribution in [0.25, 0.3) is 0 Å². The van der Waals surface area contributed by atoms with Crippen LogP contribution in [0.15, 0.2) is 73.6 Å². The van der Waals surface area contributed by atoms with Gasteiger partial charge in [-0.25, -0.2) is 14.6 Å². The molecule has 1 N–H and O–H groups in total. The summed E-state index contributed by atoms with van der Waals surface area (Å²) in [7, 11) is 2.60. The van der Waals surface area contributed by atoms with Crippen molar-refractivity contribution in [2.75, 3.05) is 14.2 Å². The van der Waals surface area contributed by atoms with Crippen LogP contribution in [-0.2, 0) is 19.1 Å². The van der Waals surface area contributed by atoms with Gasteiger partial charge in [-0.3, -0.25) is 0 Å². The van der Waals surface area contributed by atoms with Crippen LogP contribution in [0.3, 0.4) is 0 Å². The van der Waals surface area contributed by atoms with Crippen molar-refractivity contribution in [2.45, 2.75) is 29.9 Å². The fraction of sp³-hybridized carbons (Fsp3) is 0.250. The first-order valence-electron chi connectivity index (χ1n) is 8.50. The largest absolute Gasteiger partial charge is 0.466 e. The predicted octanol–water partition coefficient (Wildman–Crippen LogP) is 3.41. The monoisotopic (exact) mass is 400 g/mol. The maximum atomic E-state index is 12.5. The Morgan fingerprint density at radius 1 is 1.04 bits per heavy atom.